The van der Waals surface area contributed by atoms with Crippen LogP contribution in [0.5, 0.6) is 0 Å². The van der Waals surface area contributed by atoms with Gasteiger partial charge in [0.1, 0.15) is 0 Å². The molecule has 0 saturated carbocycles. The molecule has 1 amide bonds. The van der Waals surface area contributed by atoms with Crippen LogP contribution in [0.4, 0.5) is 16.5 Å². The van der Waals surface area contributed by atoms with Crippen LogP contribution in [0.3, 0.4) is 0 Å². The number of carbonyl (C=O) groups excluding carboxylic acids is 1. The van der Waals surface area contributed by atoms with Crippen molar-refractivity contribution in [1.82, 2.24) is 4.98 Å². The van der Waals surface area contributed by atoms with Crippen molar-refractivity contribution in [2.45, 2.75) is 13.8 Å². The minimum absolute atomic E-state index is 0.0137. The number of nitrogens with one attached hydrogen (secondary N) is 2. The first-order chi connectivity index (χ1) is 12.0. The lowest BCUT2D eigenvalue weighted by Gasteiger charge is -2.08. The number of hydrogen-bond acceptors (Lipinski definition) is 4. The number of benzene rings is 2. The molecular formula is C19H18BrN3OS. The summed E-state index contributed by atoms with van der Waals surface area (Å²) in [6.45, 7) is 3.74. The standard InChI is InChI=1S/C19H18BrN3OS/c1-12(2)18(24)21-15-7-9-16(10-8-15)22-19-23-17(11-25-19)13-3-5-14(20)6-4-13/h3-12H,1-2H3,(H,21,24)(H,22,23). The van der Waals surface area contributed by atoms with E-state index in [1.165, 1.54) is 0 Å². The third-order valence-corrected chi connectivity index (χ3v) is 4.86. The number of rotatable bonds is 5. The van der Waals surface area contributed by atoms with Crippen LogP contribution in [0, 0.1) is 5.92 Å². The number of halogens is 1. The highest BCUT2D eigenvalue weighted by Gasteiger charge is 2.08. The van der Waals surface area contributed by atoms with Crippen molar-refractivity contribution in [2.75, 3.05) is 10.6 Å². The summed E-state index contributed by atoms with van der Waals surface area (Å²) in [6.07, 6.45) is 0. The minimum Gasteiger partial charge on any atom is -0.332 e. The monoisotopic (exact) mass is 415 g/mol. The SMILES string of the molecule is CC(C)C(=O)Nc1ccc(Nc2nc(-c3ccc(Br)cc3)cs2)cc1. The fourth-order valence-electron chi connectivity index (χ4n) is 2.13. The number of carbonyl (C=O) groups is 1. The third-order valence-electron chi connectivity index (χ3n) is 3.57. The fraction of sp³-hybridized carbons (Fsp3) is 0.158. The van der Waals surface area contributed by atoms with E-state index in [0.29, 0.717) is 0 Å². The molecule has 25 heavy (non-hydrogen) atoms. The van der Waals surface area contributed by atoms with Gasteiger partial charge in [0.15, 0.2) is 5.13 Å². The van der Waals surface area contributed by atoms with Gasteiger partial charge < -0.3 is 10.6 Å². The Bertz CT molecular complexity index is 857. The maximum atomic E-state index is 11.7. The maximum absolute atomic E-state index is 11.7. The van der Waals surface area contributed by atoms with Gasteiger partial charge in [0.05, 0.1) is 5.69 Å². The van der Waals surface area contributed by atoms with Crippen LogP contribution in [0.2, 0.25) is 0 Å². The Hall–Kier alpha value is -2.18. The molecule has 0 atom stereocenters. The number of thiazole rings is 1. The number of anilines is 3. The Morgan fingerprint density at radius 1 is 1.04 bits per heavy atom. The number of aromatic nitrogens is 1. The van der Waals surface area contributed by atoms with Crippen LogP contribution in [0.25, 0.3) is 11.3 Å². The van der Waals surface area contributed by atoms with Crippen molar-refractivity contribution in [3.63, 3.8) is 0 Å². The van der Waals surface area contributed by atoms with Crippen molar-refractivity contribution >= 4 is 49.7 Å². The average molecular weight is 416 g/mol. The molecule has 1 heterocycles. The van der Waals surface area contributed by atoms with Crippen LogP contribution in [0.1, 0.15) is 13.8 Å². The van der Waals surface area contributed by atoms with Crippen LogP contribution >= 0.6 is 27.3 Å². The molecule has 4 nitrogen and oxygen atoms in total. The normalized spacial score (nSPS) is 10.7. The quantitative estimate of drug-likeness (QED) is 0.544. The summed E-state index contributed by atoms with van der Waals surface area (Å²) in [6, 6.07) is 15.7. The minimum atomic E-state index is -0.0369. The van der Waals surface area contributed by atoms with Crippen LogP contribution < -0.4 is 10.6 Å². The average Bonchev–Trinajstić information content (AvgIpc) is 3.05. The van der Waals surface area contributed by atoms with Crippen molar-refractivity contribution in [2.24, 2.45) is 5.92 Å². The molecule has 0 spiro atoms. The highest BCUT2D eigenvalue weighted by molar-refractivity contribution is 9.10. The largest absolute Gasteiger partial charge is 0.332 e. The Balaban J connectivity index is 1.67. The highest BCUT2D eigenvalue weighted by Crippen LogP contribution is 2.28. The van der Waals surface area contributed by atoms with Gasteiger partial charge in [-0.1, -0.05) is 41.9 Å². The first kappa shape index (κ1) is 17.6. The van der Waals surface area contributed by atoms with Gasteiger partial charge in [-0.05, 0) is 36.4 Å². The highest BCUT2D eigenvalue weighted by atomic mass is 79.9. The summed E-state index contributed by atoms with van der Waals surface area (Å²) in [5.41, 5.74) is 3.75. The fourth-order valence-corrected chi connectivity index (χ4v) is 3.14. The van der Waals surface area contributed by atoms with Crippen molar-refractivity contribution in [3.8, 4) is 11.3 Å². The third kappa shape index (κ3) is 4.67. The Labute approximate surface area is 159 Å². The van der Waals surface area contributed by atoms with E-state index in [1.807, 2.05) is 67.8 Å². The summed E-state index contributed by atoms with van der Waals surface area (Å²) >= 11 is 5.00. The topological polar surface area (TPSA) is 54.0 Å². The molecule has 0 aliphatic carbocycles. The lowest BCUT2D eigenvalue weighted by atomic mass is 10.2. The molecule has 3 rings (SSSR count). The zero-order chi connectivity index (χ0) is 17.8. The van der Waals surface area contributed by atoms with Gasteiger partial charge in [0.25, 0.3) is 0 Å². The molecule has 0 bridgehead atoms. The van der Waals surface area contributed by atoms with Crippen LogP contribution in [0.15, 0.2) is 58.4 Å². The van der Waals surface area contributed by atoms with E-state index in [-0.39, 0.29) is 11.8 Å². The molecule has 0 aliphatic heterocycles. The van der Waals surface area contributed by atoms with Gasteiger partial charge in [0, 0.05) is 32.7 Å². The lowest BCUT2D eigenvalue weighted by molar-refractivity contribution is -0.118. The predicted octanol–water partition coefficient (Wildman–Crippen LogP) is 5.91. The van der Waals surface area contributed by atoms with Crippen LogP contribution in [-0.4, -0.2) is 10.9 Å². The Morgan fingerprint density at radius 3 is 2.32 bits per heavy atom. The Kier molecular flexibility index (Phi) is 5.50. The van der Waals surface area contributed by atoms with Gasteiger partial charge in [-0.2, -0.15) is 0 Å². The molecule has 2 aromatic carbocycles. The van der Waals surface area contributed by atoms with E-state index in [4.69, 9.17) is 0 Å². The molecule has 2 N–H and O–H groups in total. The van der Waals surface area contributed by atoms with E-state index < -0.39 is 0 Å². The van der Waals surface area contributed by atoms with E-state index in [0.717, 1.165) is 32.2 Å². The lowest BCUT2D eigenvalue weighted by Crippen LogP contribution is -2.17. The molecule has 3 aromatic rings. The second-order valence-electron chi connectivity index (χ2n) is 5.89. The first-order valence-electron chi connectivity index (χ1n) is 7.90. The van der Waals surface area contributed by atoms with Gasteiger partial charge in [-0.15, -0.1) is 11.3 Å². The van der Waals surface area contributed by atoms with E-state index in [9.17, 15) is 4.79 Å². The summed E-state index contributed by atoms with van der Waals surface area (Å²) in [7, 11) is 0. The smallest absolute Gasteiger partial charge is 0.226 e. The second-order valence-corrected chi connectivity index (χ2v) is 7.66. The molecular weight excluding hydrogens is 398 g/mol. The zero-order valence-electron chi connectivity index (χ0n) is 13.9. The Morgan fingerprint density at radius 2 is 1.68 bits per heavy atom. The van der Waals surface area contributed by atoms with Crippen LogP contribution in [-0.2, 0) is 4.79 Å². The maximum Gasteiger partial charge on any atom is 0.226 e. The van der Waals surface area contributed by atoms with Gasteiger partial charge in [-0.3, -0.25) is 4.79 Å². The molecule has 0 saturated heterocycles. The van der Waals surface area contributed by atoms with Gasteiger partial charge in [-0.25, -0.2) is 4.98 Å². The summed E-state index contributed by atoms with van der Waals surface area (Å²) < 4.78 is 1.05. The summed E-state index contributed by atoms with van der Waals surface area (Å²) in [4.78, 5) is 16.3. The summed E-state index contributed by atoms with van der Waals surface area (Å²) in [5, 5.41) is 9.03. The summed E-state index contributed by atoms with van der Waals surface area (Å²) in [5.74, 6) is -0.0232. The number of nitrogens with zero attached hydrogens (tertiary/aromatic N) is 1. The molecule has 0 radical (unpaired) electrons. The number of amides is 1. The number of hydrogen-bond donors (Lipinski definition) is 2. The zero-order valence-corrected chi connectivity index (χ0v) is 16.3. The molecule has 6 heteroatoms. The van der Waals surface area contributed by atoms with Crippen molar-refractivity contribution in [1.29, 1.82) is 0 Å². The molecule has 128 valence electrons. The van der Waals surface area contributed by atoms with Crippen molar-refractivity contribution < 1.29 is 4.79 Å². The van der Waals surface area contributed by atoms with Gasteiger partial charge in [0.2, 0.25) is 5.91 Å². The molecule has 0 fully saturated rings. The first-order valence-corrected chi connectivity index (χ1v) is 9.58. The second kappa shape index (κ2) is 7.80. The molecule has 0 unspecified atom stereocenters. The van der Waals surface area contributed by atoms with E-state index >= 15 is 0 Å². The van der Waals surface area contributed by atoms with E-state index in [1.54, 1.807) is 11.3 Å². The molecule has 1 aromatic heterocycles. The molecule has 0 aliphatic rings. The van der Waals surface area contributed by atoms with E-state index in [2.05, 4.69) is 31.5 Å². The van der Waals surface area contributed by atoms with Crippen molar-refractivity contribution in [3.05, 3.63) is 58.4 Å². The predicted molar refractivity (Wildman–Crippen MR) is 108 cm³/mol. The van der Waals surface area contributed by atoms with Gasteiger partial charge >= 0.3 is 0 Å².